The summed E-state index contributed by atoms with van der Waals surface area (Å²) in [4.78, 5) is 24.4. The van der Waals surface area contributed by atoms with Crippen molar-refractivity contribution in [3.05, 3.63) is 64.9 Å². The van der Waals surface area contributed by atoms with Gasteiger partial charge >= 0.3 is 0 Å². The van der Waals surface area contributed by atoms with Gasteiger partial charge in [0.2, 0.25) is 11.8 Å². The molecule has 7 nitrogen and oxygen atoms in total. The van der Waals surface area contributed by atoms with E-state index in [1.807, 2.05) is 43.3 Å². The van der Waals surface area contributed by atoms with Gasteiger partial charge in [0.25, 0.3) is 0 Å². The normalized spacial score (nSPS) is 10.6. The summed E-state index contributed by atoms with van der Waals surface area (Å²) in [6, 6.07) is 14.6. The van der Waals surface area contributed by atoms with Crippen LogP contribution < -0.4 is 10.6 Å². The van der Waals surface area contributed by atoms with Gasteiger partial charge in [-0.2, -0.15) is 0 Å². The van der Waals surface area contributed by atoms with Gasteiger partial charge in [0, 0.05) is 23.4 Å². The van der Waals surface area contributed by atoms with Gasteiger partial charge in [0.1, 0.15) is 5.82 Å². The first-order valence-electron chi connectivity index (χ1n) is 8.84. The van der Waals surface area contributed by atoms with Crippen LogP contribution in [0, 0.1) is 6.92 Å². The molecule has 1 heterocycles. The zero-order chi connectivity index (χ0) is 20.8. The lowest BCUT2D eigenvalue weighted by molar-refractivity contribution is -0.116. The van der Waals surface area contributed by atoms with Gasteiger partial charge in [-0.1, -0.05) is 47.6 Å². The second kappa shape index (κ2) is 9.58. The van der Waals surface area contributed by atoms with Crippen LogP contribution in [-0.4, -0.2) is 32.3 Å². The number of carbonyl (C=O) groups excluding carboxylic acids is 2. The van der Waals surface area contributed by atoms with E-state index in [0.29, 0.717) is 21.7 Å². The van der Waals surface area contributed by atoms with E-state index in [0.717, 1.165) is 11.3 Å². The number of amides is 2. The second-order valence-electron chi connectivity index (χ2n) is 6.35. The average molecular weight is 430 g/mol. The number of aryl methyl sites for hydroxylation is 1. The Morgan fingerprint density at radius 1 is 1.03 bits per heavy atom. The summed E-state index contributed by atoms with van der Waals surface area (Å²) in [5.41, 5.74) is 2.31. The number of thioether (sulfide) groups is 1. The van der Waals surface area contributed by atoms with E-state index in [9.17, 15) is 9.59 Å². The summed E-state index contributed by atoms with van der Waals surface area (Å²) >= 11 is 7.32. The first-order valence-corrected chi connectivity index (χ1v) is 10.2. The number of carbonyl (C=O) groups is 2. The zero-order valence-corrected chi connectivity index (χ0v) is 17.5. The van der Waals surface area contributed by atoms with Crippen LogP contribution in [0.3, 0.4) is 0 Å². The Balaban J connectivity index is 1.53. The summed E-state index contributed by atoms with van der Waals surface area (Å²) in [5, 5.41) is 14.9. The van der Waals surface area contributed by atoms with Gasteiger partial charge < -0.3 is 15.2 Å². The largest absolute Gasteiger partial charge is 0.326 e. The van der Waals surface area contributed by atoms with Crippen LogP contribution in [0.15, 0.2) is 53.7 Å². The molecule has 1 aromatic heterocycles. The van der Waals surface area contributed by atoms with Crippen molar-refractivity contribution in [2.45, 2.75) is 18.5 Å². The number of aromatic nitrogens is 3. The molecule has 3 aromatic rings. The summed E-state index contributed by atoms with van der Waals surface area (Å²) in [6.45, 7) is 1.90. The van der Waals surface area contributed by atoms with Gasteiger partial charge in [-0.15, -0.1) is 10.2 Å². The highest BCUT2D eigenvalue weighted by Crippen LogP contribution is 2.21. The Kier molecular flexibility index (Phi) is 6.90. The Labute approximate surface area is 177 Å². The van der Waals surface area contributed by atoms with Crippen molar-refractivity contribution in [2.75, 3.05) is 16.4 Å². The number of nitrogens with one attached hydrogen (secondary N) is 2. The number of nitrogens with zero attached hydrogens (tertiary/aromatic N) is 3. The van der Waals surface area contributed by atoms with E-state index in [1.165, 1.54) is 11.8 Å². The quantitative estimate of drug-likeness (QED) is 0.559. The molecule has 0 bridgehead atoms. The van der Waals surface area contributed by atoms with Crippen LogP contribution >= 0.6 is 23.4 Å². The zero-order valence-electron chi connectivity index (χ0n) is 16.0. The third kappa shape index (κ3) is 5.82. The maximum Gasteiger partial charge on any atom is 0.234 e. The number of halogens is 1. The van der Waals surface area contributed by atoms with Crippen LogP contribution in [0.1, 0.15) is 11.4 Å². The molecule has 0 aliphatic rings. The molecule has 0 saturated heterocycles. The molecule has 150 valence electrons. The molecule has 2 N–H and O–H groups in total. The van der Waals surface area contributed by atoms with Crippen molar-refractivity contribution in [2.24, 2.45) is 7.05 Å². The number of para-hydroxylation sites is 1. The minimum absolute atomic E-state index is 0.0903. The first-order chi connectivity index (χ1) is 13.9. The highest BCUT2D eigenvalue weighted by Gasteiger charge is 2.15. The molecule has 0 fully saturated rings. The standard InChI is InChI=1S/C20H20ClN5O2S/c1-13-8-9-15(10-16(13)21)23-19(28)12-29-20-25-24-17(26(20)2)11-18(27)22-14-6-4-3-5-7-14/h3-10H,11-12H2,1-2H3,(H,22,27)(H,23,28). The van der Waals surface area contributed by atoms with Gasteiger partial charge in [-0.05, 0) is 36.8 Å². The molecule has 0 saturated carbocycles. The third-order valence-corrected chi connectivity index (χ3v) is 5.52. The molecular formula is C20H20ClN5O2S. The SMILES string of the molecule is Cc1ccc(NC(=O)CSc2nnc(CC(=O)Nc3ccccc3)n2C)cc1Cl. The molecule has 0 aliphatic heterocycles. The molecule has 0 spiro atoms. The molecule has 9 heteroatoms. The average Bonchev–Trinajstić information content (AvgIpc) is 3.03. The summed E-state index contributed by atoms with van der Waals surface area (Å²) in [6.07, 6.45) is 0.0903. The molecule has 0 unspecified atom stereocenters. The van der Waals surface area contributed by atoms with Crippen LogP contribution in [0.5, 0.6) is 0 Å². The Bertz CT molecular complexity index is 1020. The van der Waals surface area contributed by atoms with Gasteiger partial charge in [0.15, 0.2) is 5.16 Å². The number of hydrogen-bond acceptors (Lipinski definition) is 5. The van der Waals surface area contributed by atoms with E-state index in [2.05, 4.69) is 20.8 Å². The monoisotopic (exact) mass is 429 g/mol. The van der Waals surface area contributed by atoms with Crippen LogP contribution in [0.4, 0.5) is 11.4 Å². The van der Waals surface area contributed by atoms with Gasteiger partial charge in [0.05, 0.1) is 12.2 Å². The molecule has 0 radical (unpaired) electrons. The first kappa shape index (κ1) is 20.9. The third-order valence-electron chi connectivity index (χ3n) is 4.09. The topological polar surface area (TPSA) is 88.9 Å². The van der Waals surface area contributed by atoms with Crippen molar-refractivity contribution >= 4 is 46.6 Å². The molecule has 0 atom stereocenters. The van der Waals surface area contributed by atoms with Crippen molar-refractivity contribution in [1.82, 2.24) is 14.8 Å². The van der Waals surface area contributed by atoms with E-state index >= 15 is 0 Å². The maximum absolute atomic E-state index is 12.2. The summed E-state index contributed by atoms with van der Waals surface area (Å²) in [5.74, 6) is 0.318. The predicted octanol–water partition coefficient (Wildman–Crippen LogP) is 3.69. The molecule has 29 heavy (non-hydrogen) atoms. The van der Waals surface area contributed by atoms with E-state index in [4.69, 9.17) is 11.6 Å². The Morgan fingerprint density at radius 2 is 1.76 bits per heavy atom. The van der Waals surface area contributed by atoms with Crippen molar-refractivity contribution < 1.29 is 9.59 Å². The van der Waals surface area contributed by atoms with Crippen molar-refractivity contribution in [3.8, 4) is 0 Å². The van der Waals surface area contributed by atoms with Crippen LogP contribution in [0.25, 0.3) is 0 Å². The number of anilines is 2. The van der Waals surface area contributed by atoms with Crippen molar-refractivity contribution in [1.29, 1.82) is 0 Å². The Hall–Kier alpha value is -2.84. The van der Waals surface area contributed by atoms with Crippen LogP contribution in [0.2, 0.25) is 5.02 Å². The lowest BCUT2D eigenvalue weighted by atomic mass is 10.2. The minimum atomic E-state index is -0.183. The lowest BCUT2D eigenvalue weighted by Crippen LogP contribution is -2.17. The molecule has 3 rings (SSSR count). The maximum atomic E-state index is 12.2. The number of rotatable bonds is 7. The second-order valence-corrected chi connectivity index (χ2v) is 7.70. The van der Waals surface area contributed by atoms with Crippen molar-refractivity contribution in [3.63, 3.8) is 0 Å². The predicted molar refractivity (Wildman–Crippen MR) is 115 cm³/mol. The lowest BCUT2D eigenvalue weighted by Gasteiger charge is -2.07. The van der Waals surface area contributed by atoms with Gasteiger partial charge in [-0.3, -0.25) is 9.59 Å². The Morgan fingerprint density at radius 3 is 2.48 bits per heavy atom. The van der Waals surface area contributed by atoms with E-state index in [-0.39, 0.29) is 24.0 Å². The molecule has 2 aromatic carbocycles. The van der Waals surface area contributed by atoms with Gasteiger partial charge in [-0.25, -0.2) is 0 Å². The fourth-order valence-corrected chi connectivity index (χ4v) is 3.40. The van der Waals surface area contributed by atoms with E-state index < -0.39 is 0 Å². The summed E-state index contributed by atoms with van der Waals surface area (Å²) in [7, 11) is 1.77. The number of benzene rings is 2. The highest BCUT2D eigenvalue weighted by molar-refractivity contribution is 7.99. The fourth-order valence-electron chi connectivity index (χ4n) is 2.49. The van der Waals surface area contributed by atoms with E-state index in [1.54, 1.807) is 23.7 Å². The molecular weight excluding hydrogens is 410 g/mol. The molecule has 2 amide bonds. The number of hydrogen-bond donors (Lipinski definition) is 2. The van der Waals surface area contributed by atoms with Crippen LogP contribution in [-0.2, 0) is 23.1 Å². The minimum Gasteiger partial charge on any atom is -0.326 e. The fraction of sp³-hybridized carbons (Fsp3) is 0.200. The summed E-state index contributed by atoms with van der Waals surface area (Å²) < 4.78 is 1.71. The molecule has 0 aliphatic carbocycles. The smallest absolute Gasteiger partial charge is 0.234 e. The highest BCUT2D eigenvalue weighted by atomic mass is 35.5.